The number of carboxylic acids is 1. The summed E-state index contributed by atoms with van der Waals surface area (Å²) in [7, 11) is 0. The van der Waals surface area contributed by atoms with Crippen LogP contribution in [0.15, 0.2) is 22.7 Å². The van der Waals surface area contributed by atoms with Crippen LogP contribution in [-0.4, -0.2) is 31.3 Å². The van der Waals surface area contributed by atoms with Gasteiger partial charge in [0.2, 0.25) is 0 Å². The molecule has 0 fully saturated rings. The summed E-state index contributed by atoms with van der Waals surface area (Å²) in [5, 5.41) is 20.8. The molecule has 0 aliphatic heterocycles. The van der Waals surface area contributed by atoms with Gasteiger partial charge in [-0.15, -0.1) is 5.10 Å². The summed E-state index contributed by atoms with van der Waals surface area (Å²) in [4.78, 5) is 10.7. The third-order valence-electron chi connectivity index (χ3n) is 2.71. The van der Waals surface area contributed by atoms with E-state index < -0.39 is 5.97 Å². The Kier molecular flexibility index (Phi) is 4.72. The number of rotatable bonds is 5. The van der Waals surface area contributed by atoms with Gasteiger partial charge in [0, 0.05) is 23.0 Å². The molecule has 8 heteroatoms. The average molecular weight is 360 g/mol. The summed E-state index contributed by atoms with van der Waals surface area (Å²) in [6.45, 7) is 2.25. The number of hydrogen-bond acceptors (Lipinski definition) is 4. The molecule has 0 saturated carbocycles. The van der Waals surface area contributed by atoms with Gasteiger partial charge in [-0.2, -0.15) is 0 Å². The lowest BCUT2D eigenvalue weighted by molar-refractivity contribution is -0.138. The van der Waals surface area contributed by atoms with Crippen molar-refractivity contribution in [2.24, 2.45) is 5.92 Å². The fraction of sp³-hybridized carbons (Fsp3) is 0.333. The van der Waals surface area contributed by atoms with Crippen LogP contribution in [0, 0.1) is 5.92 Å². The molecular weight excluding hydrogens is 348 g/mol. The number of tetrazole rings is 1. The fourth-order valence-corrected chi connectivity index (χ4v) is 2.61. The van der Waals surface area contributed by atoms with Crippen molar-refractivity contribution in [3.63, 3.8) is 0 Å². The van der Waals surface area contributed by atoms with Crippen molar-refractivity contribution < 1.29 is 9.90 Å². The summed E-state index contributed by atoms with van der Waals surface area (Å²) in [6, 6.07) is 5.42. The molecule has 2 aromatic rings. The summed E-state index contributed by atoms with van der Waals surface area (Å²) < 4.78 is 2.44. The van der Waals surface area contributed by atoms with Crippen LogP contribution in [0.5, 0.6) is 0 Å². The van der Waals surface area contributed by atoms with Gasteiger partial charge in [0.15, 0.2) is 5.82 Å². The molecule has 2 rings (SSSR count). The number of carboxylic acid groups (broad SMARTS) is 1. The Labute approximate surface area is 128 Å². The molecule has 1 heterocycles. The van der Waals surface area contributed by atoms with Gasteiger partial charge in [0.1, 0.15) is 0 Å². The summed E-state index contributed by atoms with van der Waals surface area (Å²) in [5.74, 6) is -0.391. The minimum Gasteiger partial charge on any atom is -0.481 e. The maximum Gasteiger partial charge on any atom is 0.303 e. The molecule has 1 atom stereocenters. The van der Waals surface area contributed by atoms with Gasteiger partial charge in [-0.1, -0.05) is 34.5 Å². The second kappa shape index (κ2) is 6.32. The van der Waals surface area contributed by atoms with Crippen LogP contribution >= 0.6 is 27.5 Å². The first-order valence-electron chi connectivity index (χ1n) is 5.90. The third-order valence-corrected chi connectivity index (χ3v) is 3.52. The molecule has 1 N–H and O–H groups in total. The van der Waals surface area contributed by atoms with Gasteiger partial charge in [0.05, 0.1) is 5.02 Å². The van der Waals surface area contributed by atoms with E-state index in [1.54, 1.807) is 10.7 Å². The molecule has 6 nitrogen and oxygen atoms in total. The van der Waals surface area contributed by atoms with Crippen LogP contribution in [0.25, 0.3) is 11.4 Å². The number of halogens is 2. The van der Waals surface area contributed by atoms with E-state index in [1.807, 2.05) is 19.1 Å². The quantitative estimate of drug-likeness (QED) is 0.888. The molecular formula is C12H12BrClN4O2. The van der Waals surface area contributed by atoms with E-state index in [-0.39, 0.29) is 12.3 Å². The molecule has 0 bridgehead atoms. The number of carbonyl (C=O) groups is 1. The Bertz CT molecular complexity index is 632. The number of benzene rings is 1. The Morgan fingerprint density at radius 3 is 2.95 bits per heavy atom. The number of hydrogen-bond donors (Lipinski definition) is 1. The third kappa shape index (κ3) is 3.55. The smallest absolute Gasteiger partial charge is 0.303 e. The van der Waals surface area contributed by atoms with Gasteiger partial charge in [-0.05, 0) is 34.5 Å². The molecule has 20 heavy (non-hydrogen) atoms. The second-order valence-corrected chi connectivity index (χ2v) is 5.83. The molecule has 1 aromatic heterocycles. The first kappa shape index (κ1) is 14.9. The van der Waals surface area contributed by atoms with E-state index in [2.05, 4.69) is 31.5 Å². The number of aliphatic carboxylic acids is 1. The first-order chi connectivity index (χ1) is 9.47. The maximum atomic E-state index is 10.7. The van der Waals surface area contributed by atoms with Crippen LogP contribution in [-0.2, 0) is 11.3 Å². The normalized spacial score (nSPS) is 12.3. The number of aromatic nitrogens is 4. The number of nitrogens with zero attached hydrogens (tertiary/aromatic N) is 4. The van der Waals surface area contributed by atoms with Crippen molar-refractivity contribution in [3.8, 4) is 11.4 Å². The van der Waals surface area contributed by atoms with Gasteiger partial charge in [0.25, 0.3) is 0 Å². The molecule has 0 aliphatic carbocycles. The van der Waals surface area contributed by atoms with Crippen LogP contribution in [0.3, 0.4) is 0 Å². The monoisotopic (exact) mass is 358 g/mol. The zero-order valence-electron chi connectivity index (χ0n) is 10.6. The van der Waals surface area contributed by atoms with Crippen molar-refractivity contribution in [1.29, 1.82) is 0 Å². The zero-order valence-corrected chi connectivity index (χ0v) is 13.0. The Morgan fingerprint density at radius 1 is 1.55 bits per heavy atom. The summed E-state index contributed by atoms with van der Waals surface area (Å²) >= 11 is 9.52. The van der Waals surface area contributed by atoms with E-state index in [1.165, 1.54) is 0 Å². The first-order valence-corrected chi connectivity index (χ1v) is 7.08. The van der Waals surface area contributed by atoms with Gasteiger partial charge < -0.3 is 5.11 Å². The topological polar surface area (TPSA) is 80.9 Å². The van der Waals surface area contributed by atoms with Crippen LogP contribution in [0.1, 0.15) is 13.3 Å². The molecule has 0 amide bonds. The lowest BCUT2D eigenvalue weighted by Gasteiger charge is -2.10. The van der Waals surface area contributed by atoms with E-state index in [0.717, 1.165) is 4.47 Å². The summed E-state index contributed by atoms with van der Waals surface area (Å²) in [6.07, 6.45) is 0.0629. The van der Waals surface area contributed by atoms with Gasteiger partial charge in [-0.3, -0.25) is 4.79 Å². The van der Waals surface area contributed by atoms with Crippen molar-refractivity contribution >= 4 is 33.5 Å². The maximum absolute atomic E-state index is 10.7. The Hall–Kier alpha value is -1.47. The highest BCUT2D eigenvalue weighted by Gasteiger charge is 2.16. The molecule has 0 aliphatic rings. The second-order valence-electron chi connectivity index (χ2n) is 4.51. The standard InChI is InChI=1S/C12H12BrClN4O2/c1-7(4-11(19)20)6-18-12(15-16-17-18)9-3-2-8(13)5-10(9)14/h2-3,5,7H,4,6H2,1H3,(H,19,20). The van der Waals surface area contributed by atoms with Gasteiger partial charge in [-0.25, -0.2) is 4.68 Å². The van der Waals surface area contributed by atoms with Crippen molar-refractivity contribution in [3.05, 3.63) is 27.7 Å². The van der Waals surface area contributed by atoms with Crippen molar-refractivity contribution in [2.75, 3.05) is 0 Å². The molecule has 1 unspecified atom stereocenters. The molecule has 0 saturated heterocycles. The summed E-state index contributed by atoms with van der Waals surface area (Å²) in [5.41, 5.74) is 0.711. The largest absolute Gasteiger partial charge is 0.481 e. The average Bonchev–Trinajstić information content (AvgIpc) is 2.75. The van der Waals surface area contributed by atoms with Crippen LogP contribution in [0.2, 0.25) is 5.02 Å². The molecule has 1 aromatic carbocycles. The highest BCUT2D eigenvalue weighted by molar-refractivity contribution is 9.10. The molecule has 106 valence electrons. The molecule has 0 radical (unpaired) electrons. The van der Waals surface area contributed by atoms with E-state index in [9.17, 15) is 4.79 Å². The predicted octanol–water partition coefficient (Wildman–Crippen LogP) is 2.87. The van der Waals surface area contributed by atoms with Crippen molar-refractivity contribution in [2.45, 2.75) is 19.9 Å². The van der Waals surface area contributed by atoms with E-state index >= 15 is 0 Å². The zero-order chi connectivity index (χ0) is 14.7. The lowest BCUT2D eigenvalue weighted by Crippen LogP contribution is -2.14. The minimum absolute atomic E-state index is 0.0629. The minimum atomic E-state index is -0.839. The highest BCUT2D eigenvalue weighted by atomic mass is 79.9. The van der Waals surface area contributed by atoms with E-state index in [4.69, 9.17) is 16.7 Å². The molecule has 0 spiro atoms. The Balaban J connectivity index is 2.26. The fourth-order valence-electron chi connectivity index (χ4n) is 1.85. The van der Waals surface area contributed by atoms with Crippen molar-refractivity contribution in [1.82, 2.24) is 20.2 Å². The lowest BCUT2D eigenvalue weighted by atomic mass is 10.1. The highest BCUT2D eigenvalue weighted by Crippen LogP contribution is 2.29. The van der Waals surface area contributed by atoms with Crippen LogP contribution < -0.4 is 0 Å². The Morgan fingerprint density at radius 2 is 2.30 bits per heavy atom. The van der Waals surface area contributed by atoms with Gasteiger partial charge >= 0.3 is 5.97 Å². The van der Waals surface area contributed by atoms with Crippen LogP contribution in [0.4, 0.5) is 0 Å². The SMILES string of the molecule is CC(CC(=O)O)Cn1nnnc1-c1ccc(Br)cc1Cl. The van der Waals surface area contributed by atoms with E-state index in [0.29, 0.717) is 23.0 Å². The predicted molar refractivity (Wildman–Crippen MR) is 77.4 cm³/mol.